The number of cyclic esters (lactones) is 1. The van der Waals surface area contributed by atoms with Crippen LogP contribution < -0.4 is 5.32 Å². The van der Waals surface area contributed by atoms with E-state index in [1.165, 1.54) is 4.90 Å². The van der Waals surface area contributed by atoms with Crippen molar-refractivity contribution in [1.29, 1.82) is 0 Å². The Morgan fingerprint density at radius 2 is 2.22 bits per heavy atom. The molecule has 1 aliphatic heterocycles. The van der Waals surface area contributed by atoms with Crippen molar-refractivity contribution in [2.24, 2.45) is 0 Å². The van der Waals surface area contributed by atoms with Crippen molar-refractivity contribution in [3.63, 3.8) is 0 Å². The van der Waals surface area contributed by atoms with E-state index in [4.69, 9.17) is 0 Å². The predicted octanol–water partition coefficient (Wildman–Crippen LogP) is 1.36. The highest BCUT2D eigenvalue weighted by Gasteiger charge is 2.24. The van der Waals surface area contributed by atoms with E-state index < -0.39 is 23.6 Å². The van der Waals surface area contributed by atoms with Crippen molar-refractivity contribution in [3.05, 3.63) is 29.8 Å². The summed E-state index contributed by atoms with van der Waals surface area (Å²) in [7, 11) is 0. The maximum atomic E-state index is 13.2. The molecule has 0 aliphatic carbocycles. The molecule has 1 heterocycles. The molecule has 1 aromatic rings. The number of rotatable bonds is 3. The smallest absolute Gasteiger partial charge is 0.410 e. The second-order valence-electron chi connectivity index (χ2n) is 3.71. The van der Waals surface area contributed by atoms with Gasteiger partial charge < -0.3 is 10.1 Å². The molecule has 0 bridgehead atoms. The number of benzene rings is 1. The fraction of sp³-hybridized carbons (Fsp3) is 0.273. The van der Waals surface area contributed by atoms with E-state index in [0.29, 0.717) is 12.6 Å². The SMILES string of the molecule is O=C(CN1CCOC1=O)Nc1ccc(F)cc1F. The highest BCUT2D eigenvalue weighted by atomic mass is 19.1. The third kappa shape index (κ3) is 2.73. The Kier molecular flexibility index (Phi) is 3.40. The van der Waals surface area contributed by atoms with Crippen molar-refractivity contribution >= 4 is 17.7 Å². The fourth-order valence-electron chi connectivity index (χ4n) is 1.52. The number of nitrogens with zero attached hydrogens (tertiary/aromatic N) is 1. The van der Waals surface area contributed by atoms with Crippen LogP contribution in [0.2, 0.25) is 0 Å². The Hall–Kier alpha value is -2.18. The lowest BCUT2D eigenvalue weighted by molar-refractivity contribution is -0.116. The molecule has 96 valence electrons. The summed E-state index contributed by atoms with van der Waals surface area (Å²) < 4.78 is 30.5. The Bertz CT molecular complexity index is 493. The van der Waals surface area contributed by atoms with Crippen molar-refractivity contribution in [1.82, 2.24) is 4.90 Å². The number of carbonyl (C=O) groups is 2. The zero-order chi connectivity index (χ0) is 13.1. The topological polar surface area (TPSA) is 58.6 Å². The molecule has 1 aromatic carbocycles. The van der Waals surface area contributed by atoms with Crippen LogP contribution in [0.15, 0.2) is 18.2 Å². The van der Waals surface area contributed by atoms with Gasteiger partial charge in [-0.2, -0.15) is 0 Å². The van der Waals surface area contributed by atoms with E-state index in [9.17, 15) is 18.4 Å². The number of anilines is 1. The number of nitrogens with one attached hydrogen (secondary N) is 1. The number of halogens is 2. The number of amides is 2. The Balaban J connectivity index is 1.96. The van der Waals surface area contributed by atoms with E-state index in [1.54, 1.807) is 0 Å². The average molecular weight is 256 g/mol. The molecule has 1 N–H and O–H groups in total. The Labute approximate surface area is 101 Å². The number of ether oxygens (including phenoxy) is 1. The maximum Gasteiger partial charge on any atom is 0.410 e. The molecule has 18 heavy (non-hydrogen) atoms. The molecule has 0 spiro atoms. The quantitative estimate of drug-likeness (QED) is 0.888. The van der Waals surface area contributed by atoms with E-state index in [1.807, 2.05) is 0 Å². The van der Waals surface area contributed by atoms with Gasteiger partial charge in [0.15, 0.2) is 0 Å². The summed E-state index contributed by atoms with van der Waals surface area (Å²) in [6.07, 6.45) is -0.579. The first-order valence-electron chi connectivity index (χ1n) is 5.23. The van der Waals surface area contributed by atoms with Gasteiger partial charge in [-0.05, 0) is 12.1 Å². The fourth-order valence-corrected chi connectivity index (χ4v) is 1.52. The van der Waals surface area contributed by atoms with Crippen LogP contribution in [-0.2, 0) is 9.53 Å². The highest BCUT2D eigenvalue weighted by molar-refractivity contribution is 5.94. The number of hydrogen-bond donors (Lipinski definition) is 1. The molecule has 0 atom stereocenters. The van der Waals surface area contributed by atoms with Gasteiger partial charge in [0.1, 0.15) is 24.8 Å². The van der Waals surface area contributed by atoms with Crippen molar-refractivity contribution < 1.29 is 23.1 Å². The van der Waals surface area contributed by atoms with Gasteiger partial charge >= 0.3 is 6.09 Å². The third-order valence-corrected chi connectivity index (χ3v) is 2.38. The van der Waals surface area contributed by atoms with Crippen LogP contribution in [0.1, 0.15) is 0 Å². The van der Waals surface area contributed by atoms with Crippen LogP contribution in [0.3, 0.4) is 0 Å². The van der Waals surface area contributed by atoms with Crippen molar-refractivity contribution in [2.45, 2.75) is 0 Å². The molecule has 5 nitrogen and oxygen atoms in total. The Morgan fingerprint density at radius 3 is 2.83 bits per heavy atom. The number of hydrogen-bond acceptors (Lipinski definition) is 3. The molecular formula is C11H10F2N2O3. The lowest BCUT2D eigenvalue weighted by Gasteiger charge is -2.12. The van der Waals surface area contributed by atoms with Crippen LogP contribution in [0, 0.1) is 11.6 Å². The minimum atomic E-state index is -0.868. The maximum absolute atomic E-state index is 13.2. The molecule has 1 saturated heterocycles. The summed E-state index contributed by atoms with van der Waals surface area (Å²) in [5.74, 6) is -2.17. The highest BCUT2D eigenvalue weighted by Crippen LogP contribution is 2.15. The molecule has 1 aliphatic rings. The number of carbonyl (C=O) groups excluding carboxylic acids is 2. The van der Waals surface area contributed by atoms with E-state index in [2.05, 4.69) is 10.1 Å². The van der Waals surface area contributed by atoms with Crippen LogP contribution in [0.5, 0.6) is 0 Å². The van der Waals surface area contributed by atoms with Gasteiger partial charge in [-0.1, -0.05) is 0 Å². The summed E-state index contributed by atoms with van der Waals surface area (Å²) in [5, 5.41) is 2.25. The van der Waals surface area contributed by atoms with E-state index >= 15 is 0 Å². The summed E-state index contributed by atoms with van der Waals surface area (Å²) in [6.45, 7) is 0.324. The third-order valence-electron chi connectivity index (χ3n) is 2.38. The van der Waals surface area contributed by atoms with Gasteiger partial charge in [-0.25, -0.2) is 13.6 Å². The summed E-state index contributed by atoms with van der Waals surface area (Å²) in [5.41, 5.74) is -0.131. The molecule has 1 fully saturated rings. The minimum absolute atomic E-state index is 0.131. The summed E-state index contributed by atoms with van der Waals surface area (Å²) in [6, 6.07) is 2.81. The normalized spacial score (nSPS) is 14.6. The Morgan fingerprint density at radius 1 is 1.44 bits per heavy atom. The average Bonchev–Trinajstić information content (AvgIpc) is 2.69. The molecule has 7 heteroatoms. The first kappa shape index (κ1) is 12.3. The second-order valence-corrected chi connectivity index (χ2v) is 3.71. The molecule has 0 unspecified atom stereocenters. The minimum Gasteiger partial charge on any atom is -0.448 e. The van der Waals surface area contributed by atoms with Gasteiger partial charge in [0.2, 0.25) is 5.91 Å². The van der Waals surface area contributed by atoms with E-state index in [-0.39, 0.29) is 18.8 Å². The first-order chi connectivity index (χ1) is 8.56. The van der Waals surface area contributed by atoms with Crippen molar-refractivity contribution in [3.8, 4) is 0 Å². The largest absolute Gasteiger partial charge is 0.448 e. The molecule has 2 amide bonds. The molecular weight excluding hydrogens is 246 g/mol. The summed E-state index contributed by atoms with van der Waals surface area (Å²) >= 11 is 0. The first-order valence-corrected chi connectivity index (χ1v) is 5.23. The van der Waals surface area contributed by atoms with Crippen molar-refractivity contribution in [2.75, 3.05) is 25.0 Å². The van der Waals surface area contributed by atoms with Gasteiger partial charge in [0, 0.05) is 6.07 Å². The van der Waals surface area contributed by atoms with E-state index in [0.717, 1.165) is 12.1 Å². The van der Waals surface area contributed by atoms with Crippen LogP contribution in [-0.4, -0.2) is 36.6 Å². The zero-order valence-corrected chi connectivity index (χ0v) is 9.28. The van der Waals surface area contributed by atoms with Gasteiger partial charge in [-0.3, -0.25) is 9.69 Å². The van der Waals surface area contributed by atoms with Gasteiger partial charge in [-0.15, -0.1) is 0 Å². The monoisotopic (exact) mass is 256 g/mol. The van der Waals surface area contributed by atoms with Crippen LogP contribution in [0.25, 0.3) is 0 Å². The zero-order valence-electron chi connectivity index (χ0n) is 9.28. The van der Waals surface area contributed by atoms with Gasteiger partial charge in [0.25, 0.3) is 0 Å². The lowest BCUT2D eigenvalue weighted by atomic mass is 10.3. The predicted molar refractivity (Wildman–Crippen MR) is 57.9 cm³/mol. The van der Waals surface area contributed by atoms with Crippen LogP contribution >= 0.6 is 0 Å². The molecule has 0 aromatic heterocycles. The standard InChI is InChI=1S/C11H10F2N2O3/c12-7-1-2-9(8(13)5-7)14-10(16)6-15-3-4-18-11(15)17/h1-2,5H,3-4,6H2,(H,14,16). The lowest BCUT2D eigenvalue weighted by Crippen LogP contribution is -2.33. The molecule has 0 saturated carbocycles. The second kappa shape index (κ2) is 4.99. The van der Waals surface area contributed by atoms with Crippen LogP contribution in [0.4, 0.5) is 19.3 Å². The molecule has 2 rings (SSSR count). The van der Waals surface area contributed by atoms with Gasteiger partial charge in [0.05, 0.1) is 12.2 Å². The molecule has 0 radical (unpaired) electrons. The summed E-state index contributed by atoms with van der Waals surface area (Å²) in [4.78, 5) is 23.8.